The maximum Gasteiger partial charge on any atom is 0.282 e. The van der Waals surface area contributed by atoms with E-state index in [9.17, 15) is 4.79 Å². The Bertz CT molecular complexity index is 1450. The average molecular weight is 496 g/mol. The highest BCUT2D eigenvalue weighted by Crippen LogP contribution is 2.31. The monoisotopic (exact) mass is 495 g/mol. The fourth-order valence-electron chi connectivity index (χ4n) is 3.40. The van der Waals surface area contributed by atoms with Crippen LogP contribution in [0.1, 0.15) is 6.92 Å². The lowest BCUT2D eigenvalue weighted by atomic mass is 10.2. The van der Waals surface area contributed by atoms with E-state index in [0.717, 1.165) is 22.7 Å². The Morgan fingerprint density at radius 2 is 1.50 bits per heavy atom. The lowest BCUT2D eigenvalue weighted by molar-refractivity contribution is -0.117. The van der Waals surface area contributed by atoms with Crippen LogP contribution in [0.5, 0.6) is 5.75 Å². The van der Waals surface area contributed by atoms with Crippen molar-refractivity contribution in [1.29, 1.82) is 0 Å². The SMILES string of the molecule is COc1ccc(-c2csc(N3N=C(C)C(N=Nc4ccc(N=Nc5ccccc5)cc4)C3=O)n2)cc1. The Morgan fingerprint density at radius 1 is 0.861 bits per heavy atom. The Morgan fingerprint density at radius 3 is 2.17 bits per heavy atom. The summed E-state index contributed by atoms with van der Waals surface area (Å²) in [7, 11) is 1.62. The van der Waals surface area contributed by atoms with Crippen molar-refractivity contribution in [1.82, 2.24) is 4.98 Å². The summed E-state index contributed by atoms with van der Waals surface area (Å²) in [5.41, 5.74) is 4.30. The predicted octanol–water partition coefficient (Wildman–Crippen LogP) is 7.11. The van der Waals surface area contributed by atoms with E-state index in [4.69, 9.17) is 4.74 Å². The molecule has 0 saturated heterocycles. The fourth-order valence-corrected chi connectivity index (χ4v) is 4.19. The Hall–Kier alpha value is -4.57. The summed E-state index contributed by atoms with van der Waals surface area (Å²) in [5.74, 6) is 0.476. The number of aromatic nitrogens is 1. The number of hydrogen-bond acceptors (Lipinski definition) is 9. The molecular formula is C26H21N7O2S. The number of ether oxygens (including phenoxy) is 1. The number of methoxy groups -OCH3 is 1. The predicted molar refractivity (Wildman–Crippen MR) is 140 cm³/mol. The maximum absolute atomic E-state index is 13.0. The summed E-state index contributed by atoms with van der Waals surface area (Å²) in [5, 5.41) is 25.0. The van der Waals surface area contributed by atoms with Gasteiger partial charge in [0.25, 0.3) is 5.91 Å². The number of anilines is 1. The van der Waals surface area contributed by atoms with Crippen LogP contribution in [0, 0.1) is 0 Å². The Kier molecular flexibility index (Phi) is 6.67. The standard InChI is InChI=1S/C26H21N7O2S/c1-17-24(31-30-21-12-10-20(11-13-21)29-28-19-6-4-3-5-7-19)25(34)33(32-17)26-27-23(16-36-26)18-8-14-22(35-2)15-9-18/h3-16,24H,1-2H3. The second kappa shape index (κ2) is 10.4. The molecule has 0 N–H and O–H groups in total. The maximum atomic E-state index is 13.0. The molecule has 1 amide bonds. The van der Waals surface area contributed by atoms with E-state index in [0.29, 0.717) is 22.2 Å². The topological polar surface area (TPSA) is 104 Å². The molecule has 1 atom stereocenters. The van der Waals surface area contributed by atoms with Gasteiger partial charge in [-0.1, -0.05) is 18.2 Å². The summed E-state index contributed by atoms with van der Waals surface area (Å²) in [4.78, 5) is 17.6. The second-order valence-electron chi connectivity index (χ2n) is 7.81. The van der Waals surface area contributed by atoms with E-state index in [1.54, 1.807) is 38.3 Å². The number of hydrazone groups is 1. The summed E-state index contributed by atoms with van der Waals surface area (Å²) >= 11 is 1.34. The van der Waals surface area contributed by atoms with Crippen molar-refractivity contribution < 1.29 is 9.53 Å². The Labute approximate surface area is 211 Å². The molecule has 0 bridgehead atoms. The number of rotatable bonds is 7. The van der Waals surface area contributed by atoms with Crippen LogP contribution in [0.15, 0.2) is 110 Å². The van der Waals surface area contributed by atoms with Gasteiger partial charge < -0.3 is 4.74 Å². The van der Waals surface area contributed by atoms with Gasteiger partial charge in [-0.2, -0.15) is 30.6 Å². The number of carbonyl (C=O) groups excluding carboxylic acids is 1. The van der Waals surface area contributed by atoms with E-state index < -0.39 is 6.04 Å². The molecule has 0 fully saturated rings. The molecule has 0 aliphatic carbocycles. The molecule has 10 heteroatoms. The fraction of sp³-hybridized carbons (Fsp3) is 0.115. The summed E-state index contributed by atoms with van der Waals surface area (Å²) in [6.45, 7) is 1.76. The van der Waals surface area contributed by atoms with Crippen molar-refractivity contribution in [3.05, 3.63) is 84.2 Å². The third-order valence-electron chi connectivity index (χ3n) is 5.33. The molecule has 0 radical (unpaired) electrons. The molecule has 1 aromatic heterocycles. The zero-order chi connectivity index (χ0) is 24.9. The molecule has 0 spiro atoms. The van der Waals surface area contributed by atoms with Gasteiger partial charge in [-0.3, -0.25) is 4.79 Å². The molecule has 2 heterocycles. The molecular weight excluding hydrogens is 474 g/mol. The molecule has 4 aromatic rings. The highest BCUT2D eigenvalue weighted by atomic mass is 32.1. The van der Waals surface area contributed by atoms with Crippen LogP contribution in [0.3, 0.4) is 0 Å². The van der Waals surface area contributed by atoms with Crippen molar-refractivity contribution in [2.24, 2.45) is 25.6 Å². The minimum absolute atomic E-state index is 0.292. The molecule has 36 heavy (non-hydrogen) atoms. The third-order valence-corrected chi connectivity index (χ3v) is 6.15. The highest BCUT2D eigenvalue weighted by molar-refractivity contribution is 7.14. The molecule has 9 nitrogen and oxygen atoms in total. The Balaban J connectivity index is 1.25. The van der Waals surface area contributed by atoms with Crippen LogP contribution in [0.4, 0.5) is 22.2 Å². The van der Waals surface area contributed by atoms with Crippen molar-refractivity contribution in [2.75, 3.05) is 12.1 Å². The first-order valence-corrected chi connectivity index (χ1v) is 12.0. The lowest BCUT2D eigenvalue weighted by Crippen LogP contribution is -2.29. The summed E-state index contributed by atoms with van der Waals surface area (Å²) < 4.78 is 5.20. The first-order valence-electron chi connectivity index (χ1n) is 11.1. The van der Waals surface area contributed by atoms with E-state index in [-0.39, 0.29) is 5.91 Å². The van der Waals surface area contributed by atoms with Crippen molar-refractivity contribution in [3.63, 3.8) is 0 Å². The first kappa shape index (κ1) is 23.2. The number of carbonyl (C=O) groups is 1. The molecule has 3 aromatic carbocycles. The largest absolute Gasteiger partial charge is 0.497 e. The van der Waals surface area contributed by atoms with Gasteiger partial charge in [0.2, 0.25) is 5.13 Å². The summed E-state index contributed by atoms with van der Waals surface area (Å²) in [6.07, 6.45) is 0. The average Bonchev–Trinajstić information content (AvgIpc) is 3.52. The molecule has 0 saturated carbocycles. The zero-order valence-corrected chi connectivity index (χ0v) is 20.3. The van der Waals surface area contributed by atoms with E-state index >= 15 is 0 Å². The van der Waals surface area contributed by atoms with Crippen molar-refractivity contribution >= 4 is 45.1 Å². The van der Waals surface area contributed by atoms with Crippen molar-refractivity contribution in [3.8, 4) is 17.0 Å². The van der Waals surface area contributed by atoms with E-state index in [1.165, 1.54) is 16.3 Å². The molecule has 1 aliphatic rings. The number of benzene rings is 3. The number of amides is 1. The molecule has 178 valence electrons. The van der Waals surface area contributed by atoms with E-state index in [2.05, 4.69) is 30.5 Å². The third kappa shape index (κ3) is 5.08. The minimum Gasteiger partial charge on any atom is -0.497 e. The van der Waals surface area contributed by atoms with Crippen LogP contribution < -0.4 is 9.75 Å². The van der Waals surface area contributed by atoms with E-state index in [1.807, 2.05) is 60.0 Å². The van der Waals surface area contributed by atoms with Gasteiger partial charge >= 0.3 is 0 Å². The lowest BCUT2D eigenvalue weighted by Gasteiger charge is -2.08. The van der Waals surface area contributed by atoms with Gasteiger partial charge in [-0.15, -0.1) is 11.3 Å². The van der Waals surface area contributed by atoms with Gasteiger partial charge in [0.15, 0.2) is 6.04 Å². The molecule has 5 rings (SSSR count). The number of nitrogens with zero attached hydrogens (tertiary/aromatic N) is 7. The second-order valence-corrected chi connectivity index (χ2v) is 8.64. The van der Waals surface area contributed by atoms with Crippen LogP contribution >= 0.6 is 11.3 Å². The normalized spacial score (nSPS) is 15.7. The number of thiazole rings is 1. The smallest absolute Gasteiger partial charge is 0.282 e. The van der Waals surface area contributed by atoms with Gasteiger partial charge in [-0.25, -0.2) is 4.98 Å². The summed E-state index contributed by atoms with van der Waals surface area (Å²) in [6, 6.07) is 23.4. The molecule has 1 unspecified atom stereocenters. The van der Waals surface area contributed by atoms with Crippen LogP contribution in [-0.4, -0.2) is 29.8 Å². The number of azo groups is 2. The highest BCUT2D eigenvalue weighted by Gasteiger charge is 2.36. The van der Waals surface area contributed by atoms with Gasteiger partial charge in [0.05, 0.1) is 35.6 Å². The van der Waals surface area contributed by atoms with Gasteiger partial charge in [-0.05, 0) is 67.6 Å². The van der Waals surface area contributed by atoms with Gasteiger partial charge in [0, 0.05) is 10.9 Å². The van der Waals surface area contributed by atoms with Gasteiger partial charge in [0.1, 0.15) is 5.75 Å². The number of hydrogen-bond donors (Lipinski definition) is 0. The zero-order valence-electron chi connectivity index (χ0n) is 19.5. The first-order chi connectivity index (χ1) is 17.6. The molecule has 1 aliphatic heterocycles. The van der Waals surface area contributed by atoms with Crippen LogP contribution in [-0.2, 0) is 4.79 Å². The van der Waals surface area contributed by atoms with Crippen LogP contribution in [0.25, 0.3) is 11.3 Å². The minimum atomic E-state index is -0.796. The quantitative estimate of drug-likeness (QED) is 0.255. The van der Waals surface area contributed by atoms with Crippen LogP contribution in [0.2, 0.25) is 0 Å². The van der Waals surface area contributed by atoms with Crippen molar-refractivity contribution in [2.45, 2.75) is 13.0 Å².